The fourth-order valence-electron chi connectivity index (χ4n) is 3.98. The Kier molecular flexibility index (Phi) is 5.23. The Hall–Kier alpha value is -0.610. The summed E-state index contributed by atoms with van der Waals surface area (Å²) < 4.78 is 5.56. The highest BCUT2D eigenvalue weighted by molar-refractivity contribution is 5.75. The predicted molar refractivity (Wildman–Crippen MR) is 85.4 cm³/mol. The summed E-state index contributed by atoms with van der Waals surface area (Å²) >= 11 is 0. The van der Waals surface area contributed by atoms with E-state index in [1.165, 1.54) is 0 Å². The molecule has 0 radical (unpaired) electrons. The number of hydrogen-bond donors (Lipinski definition) is 2. The van der Waals surface area contributed by atoms with E-state index in [0.717, 1.165) is 25.7 Å². The van der Waals surface area contributed by atoms with Crippen LogP contribution in [0.15, 0.2) is 0 Å². The molecule has 4 heteroatoms. The normalized spacial score (nSPS) is 23.9. The fraction of sp³-hybridized carbons (Fsp3) is 0.944. The zero-order valence-corrected chi connectivity index (χ0v) is 14.4. The lowest BCUT2D eigenvalue weighted by atomic mass is 9.73. The van der Waals surface area contributed by atoms with Gasteiger partial charge in [0.15, 0.2) is 0 Å². The van der Waals surface area contributed by atoms with E-state index in [4.69, 9.17) is 4.74 Å². The molecular weight excluding hydrogens is 280 g/mol. The molecule has 2 aliphatic carbocycles. The Bertz CT molecular complexity index is 368. The van der Waals surface area contributed by atoms with Gasteiger partial charge in [-0.1, -0.05) is 32.6 Å². The van der Waals surface area contributed by atoms with Gasteiger partial charge in [-0.3, -0.25) is 4.79 Å². The first-order chi connectivity index (χ1) is 10.2. The number of hydrogen-bond acceptors (Lipinski definition) is 4. The molecule has 22 heavy (non-hydrogen) atoms. The maximum atomic E-state index is 12.3. The van der Waals surface area contributed by atoms with Gasteiger partial charge in [0, 0.05) is 0 Å². The van der Waals surface area contributed by atoms with Crippen molar-refractivity contribution in [1.29, 1.82) is 0 Å². The Morgan fingerprint density at radius 2 is 1.45 bits per heavy atom. The van der Waals surface area contributed by atoms with Crippen molar-refractivity contribution in [2.75, 3.05) is 6.61 Å². The van der Waals surface area contributed by atoms with E-state index in [2.05, 4.69) is 0 Å². The van der Waals surface area contributed by atoms with Crippen LogP contribution in [0.4, 0.5) is 0 Å². The van der Waals surface area contributed by atoms with Gasteiger partial charge in [0.2, 0.25) is 0 Å². The largest absolute Gasteiger partial charge is 0.465 e. The average molecular weight is 312 g/mol. The Morgan fingerprint density at radius 3 is 1.82 bits per heavy atom. The highest BCUT2D eigenvalue weighted by Gasteiger charge is 2.52. The minimum Gasteiger partial charge on any atom is -0.465 e. The second-order valence-electron chi connectivity index (χ2n) is 8.01. The summed E-state index contributed by atoms with van der Waals surface area (Å²) in [5.74, 6) is -0.593. The van der Waals surface area contributed by atoms with Crippen molar-refractivity contribution in [2.24, 2.45) is 11.3 Å². The van der Waals surface area contributed by atoms with Gasteiger partial charge in [-0.05, 0) is 46.0 Å². The molecular formula is C18H32O4. The highest BCUT2D eigenvalue weighted by Crippen LogP contribution is 2.47. The Morgan fingerprint density at radius 1 is 1.05 bits per heavy atom. The van der Waals surface area contributed by atoms with Crippen LogP contribution >= 0.6 is 0 Å². The summed E-state index contributed by atoms with van der Waals surface area (Å²) in [6.07, 6.45) is 7.46. The fourth-order valence-corrected chi connectivity index (χ4v) is 3.98. The van der Waals surface area contributed by atoms with Gasteiger partial charge in [0.1, 0.15) is 0 Å². The monoisotopic (exact) mass is 312 g/mol. The second-order valence-corrected chi connectivity index (χ2v) is 8.01. The van der Waals surface area contributed by atoms with E-state index < -0.39 is 16.6 Å². The second kappa shape index (κ2) is 6.48. The van der Waals surface area contributed by atoms with Gasteiger partial charge in [-0.15, -0.1) is 0 Å². The smallest absolute Gasteiger partial charge is 0.311 e. The summed E-state index contributed by atoms with van der Waals surface area (Å²) in [4.78, 5) is 12.3. The molecule has 2 N–H and O–H groups in total. The Labute approximate surface area is 134 Å². The summed E-state index contributed by atoms with van der Waals surface area (Å²) in [6, 6.07) is 0. The van der Waals surface area contributed by atoms with E-state index in [1.54, 1.807) is 0 Å². The lowest BCUT2D eigenvalue weighted by molar-refractivity contribution is -0.172. The van der Waals surface area contributed by atoms with Crippen molar-refractivity contribution in [2.45, 2.75) is 89.8 Å². The van der Waals surface area contributed by atoms with Crippen molar-refractivity contribution >= 4 is 5.97 Å². The van der Waals surface area contributed by atoms with Crippen LogP contribution in [0.5, 0.6) is 0 Å². The zero-order valence-electron chi connectivity index (χ0n) is 14.4. The number of esters is 1. The average Bonchev–Trinajstić information content (AvgIpc) is 3.09. The van der Waals surface area contributed by atoms with Crippen molar-refractivity contribution in [3.05, 3.63) is 0 Å². The molecule has 0 aromatic rings. The predicted octanol–water partition coefficient (Wildman–Crippen LogP) is 3.19. The standard InChI is InChI=1S/C18H32O4/c1-4-16(2,3)15(19)22-13-14(17(20)9-5-6-10-17)18(21)11-7-8-12-18/h14,20-21H,4-13H2,1-3H3. The van der Waals surface area contributed by atoms with Gasteiger partial charge in [0.05, 0.1) is 29.1 Å². The molecule has 0 bridgehead atoms. The van der Waals surface area contributed by atoms with Crippen LogP contribution in [0.1, 0.15) is 78.6 Å². The van der Waals surface area contributed by atoms with E-state index in [1.807, 2.05) is 20.8 Å². The molecule has 2 saturated carbocycles. The van der Waals surface area contributed by atoms with Crippen molar-refractivity contribution in [1.82, 2.24) is 0 Å². The van der Waals surface area contributed by atoms with Crippen LogP contribution in [-0.4, -0.2) is 34.0 Å². The molecule has 0 spiro atoms. The molecule has 0 amide bonds. The van der Waals surface area contributed by atoms with Gasteiger partial charge in [0.25, 0.3) is 0 Å². The number of ether oxygens (including phenoxy) is 1. The molecule has 0 aromatic carbocycles. The summed E-state index contributed by atoms with van der Waals surface area (Å²) in [5, 5.41) is 22.0. The molecule has 128 valence electrons. The van der Waals surface area contributed by atoms with Crippen LogP contribution < -0.4 is 0 Å². The third kappa shape index (κ3) is 3.48. The first-order valence-corrected chi connectivity index (χ1v) is 8.85. The van der Waals surface area contributed by atoms with E-state index in [9.17, 15) is 15.0 Å². The van der Waals surface area contributed by atoms with E-state index >= 15 is 0 Å². The first kappa shape index (κ1) is 17.7. The van der Waals surface area contributed by atoms with E-state index in [0.29, 0.717) is 32.1 Å². The van der Waals surface area contributed by atoms with Crippen LogP contribution in [0.3, 0.4) is 0 Å². The number of rotatable bonds is 6. The molecule has 2 aliphatic rings. The van der Waals surface area contributed by atoms with Crippen LogP contribution in [0, 0.1) is 11.3 Å². The molecule has 2 fully saturated rings. The third-order valence-corrected chi connectivity index (χ3v) is 6.05. The molecule has 2 rings (SSSR count). The number of aliphatic hydroxyl groups is 2. The van der Waals surface area contributed by atoms with E-state index in [-0.39, 0.29) is 18.5 Å². The van der Waals surface area contributed by atoms with Crippen molar-refractivity contribution in [3.63, 3.8) is 0 Å². The maximum absolute atomic E-state index is 12.3. The quantitative estimate of drug-likeness (QED) is 0.739. The lowest BCUT2D eigenvalue weighted by Gasteiger charge is -2.42. The topological polar surface area (TPSA) is 66.8 Å². The molecule has 0 aliphatic heterocycles. The molecule has 0 atom stereocenters. The summed E-state index contributed by atoms with van der Waals surface area (Å²) in [5.41, 5.74) is -2.27. The SMILES string of the molecule is CCC(C)(C)C(=O)OCC(C1(O)CCCC1)C1(O)CCCC1. The zero-order chi connectivity index (χ0) is 16.4. The lowest BCUT2D eigenvalue weighted by Crippen LogP contribution is -2.52. The summed E-state index contributed by atoms with van der Waals surface area (Å²) in [7, 11) is 0. The molecule has 0 heterocycles. The van der Waals surface area contributed by atoms with Crippen molar-refractivity contribution < 1.29 is 19.7 Å². The molecule has 0 aromatic heterocycles. The van der Waals surface area contributed by atoms with Gasteiger partial charge in [-0.2, -0.15) is 0 Å². The molecule has 0 saturated heterocycles. The number of carbonyl (C=O) groups is 1. The molecule has 4 nitrogen and oxygen atoms in total. The highest BCUT2D eigenvalue weighted by atomic mass is 16.5. The minimum atomic E-state index is -0.879. The van der Waals surface area contributed by atoms with Crippen molar-refractivity contribution in [3.8, 4) is 0 Å². The maximum Gasteiger partial charge on any atom is 0.311 e. The van der Waals surface area contributed by atoms with Gasteiger partial charge >= 0.3 is 5.97 Å². The number of carbonyl (C=O) groups excluding carboxylic acids is 1. The first-order valence-electron chi connectivity index (χ1n) is 8.85. The van der Waals surface area contributed by atoms with Gasteiger partial charge in [-0.25, -0.2) is 0 Å². The Balaban J connectivity index is 2.10. The molecule has 0 unspecified atom stereocenters. The van der Waals surface area contributed by atoms with Crippen LogP contribution in [-0.2, 0) is 9.53 Å². The van der Waals surface area contributed by atoms with Crippen LogP contribution in [0.25, 0.3) is 0 Å². The summed E-state index contributed by atoms with van der Waals surface area (Å²) in [6.45, 7) is 5.85. The van der Waals surface area contributed by atoms with Crippen LogP contribution in [0.2, 0.25) is 0 Å². The third-order valence-electron chi connectivity index (χ3n) is 6.05. The minimum absolute atomic E-state index is 0.134. The van der Waals surface area contributed by atoms with Gasteiger partial charge < -0.3 is 14.9 Å².